The summed E-state index contributed by atoms with van der Waals surface area (Å²) in [7, 11) is 0. The minimum atomic E-state index is -0.637. The highest BCUT2D eigenvalue weighted by Crippen LogP contribution is 2.20. The lowest BCUT2D eigenvalue weighted by Crippen LogP contribution is -2.35. The van der Waals surface area contributed by atoms with Gasteiger partial charge in [0, 0.05) is 24.7 Å². The fourth-order valence-electron chi connectivity index (χ4n) is 2.96. The van der Waals surface area contributed by atoms with Crippen LogP contribution >= 0.6 is 11.6 Å². The number of aromatic nitrogens is 2. The smallest absolute Gasteiger partial charge is 0.271 e. The van der Waals surface area contributed by atoms with E-state index in [0.717, 1.165) is 25.9 Å². The van der Waals surface area contributed by atoms with Crippen LogP contribution in [0.3, 0.4) is 0 Å². The molecule has 1 aromatic carbocycles. The molecule has 2 aromatic rings. The number of nitrogens with one attached hydrogen (secondary N) is 1. The van der Waals surface area contributed by atoms with E-state index in [0.29, 0.717) is 5.95 Å². The van der Waals surface area contributed by atoms with Crippen molar-refractivity contribution in [3.63, 3.8) is 0 Å². The quantitative estimate of drug-likeness (QED) is 0.864. The second kappa shape index (κ2) is 7.95. The summed E-state index contributed by atoms with van der Waals surface area (Å²) >= 11 is 6.07. The Morgan fingerprint density at radius 2 is 1.96 bits per heavy atom. The van der Waals surface area contributed by atoms with Crippen LogP contribution in [0.4, 0.5) is 14.7 Å². The van der Waals surface area contributed by atoms with Crippen LogP contribution in [-0.4, -0.2) is 35.0 Å². The van der Waals surface area contributed by atoms with Crippen LogP contribution in [0, 0.1) is 11.6 Å². The van der Waals surface area contributed by atoms with E-state index in [1.807, 2.05) is 4.90 Å². The molecule has 3 rings (SSSR count). The number of rotatable bonds is 5. The van der Waals surface area contributed by atoms with Crippen molar-refractivity contribution in [3.8, 4) is 0 Å². The monoisotopic (exact) mass is 380 g/mol. The van der Waals surface area contributed by atoms with Crippen molar-refractivity contribution in [1.82, 2.24) is 15.3 Å². The van der Waals surface area contributed by atoms with Gasteiger partial charge in [0.1, 0.15) is 11.6 Å². The summed E-state index contributed by atoms with van der Waals surface area (Å²) in [5, 5.41) is 2.83. The van der Waals surface area contributed by atoms with Gasteiger partial charge in [0.25, 0.3) is 5.91 Å². The van der Waals surface area contributed by atoms with Gasteiger partial charge < -0.3 is 10.2 Å². The van der Waals surface area contributed by atoms with Crippen LogP contribution in [-0.2, 0) is 6.42 Å². The SMILES string of the molecule is CC(Cc1c(F)cccc1F)NC(=O)c1nc(N2CCCC2)ncc1Cl. The van der Waals surface area contributed by atoms with Crippen LogP contribution in [0.5, 0.6) is 0 Å². The summed E-state index contributed by atoms with van der Waals surface area (Å²) in [6.45, 7) is 3.34. The van der Waals surface area contributed by atoms with Crippen LogP contribution in [0.2, 0.25) is 5.02 Å². The largest absolute Gasteiger partial charge is 0.348 e. The molecule has 1 unspecified atom stereocenters. The summed E-state index contributed by atoms with van der Waals surface area (Å²) in [5.74, 6) is -1.31. The third-order valence-electron chi connectivity index (χ3n) is 4.28. The van der Waals surface area contributed by atoms with Crippen molar-refractivity contribution in [3.05, 3.63) is 52.3 Å². The first-order valence-corrected chi connectivity index (χ1v) is 8.84. The van der Waals surface area contributed by atoms with Gasteiger partial charge in [-0.3, -0.25) is 4.79 Å². The average molecular weight is 381 g/mol. The van der Waals surface area contributed by atoms with E-state index in [4.69, 9.17) is 11.6 Å². The van der Waals surface area contributed by atoms with Crippen molar-refractivity contribution in [2.45, 2.75) is 32.2 Å². The molecule has 0 radical (unpaired) electrons. The fourth-order valence-corrected chi connectivity index (χ4v) is 3.14. The molecule has 1 aliphatic heterocycles. The highest BCUT2D eigenvalue weighted by Gasteiger charge is 2.21. The third kappa shape index (κ3) is 4.09. The van der Waals surface area contributed by atoms with Gasteiger partial charge in [0.05, 0.1) is 11.2 Å². The van der Waals surface area contributed by atoms with Crippen LogP contribution < -0.4 is 10.2 Å². The first kappa shape index (κ1) is 18.5. The van der Waals surface area contributed by atoms with E-state index in [2.05, 4.69) is 15.3 Å². The zero-order valence-corrected chi connectivity index (χ0v) is 15.1. The Bertz CT molecular complexity index is 792. The molecule has 1 N–H and O–H groups in total. The minimum Gasteiger partial charge on any atom is -0.348 e. The Balaban J connectivity index is 1.72. The lowest BCUT2D eigenvalue weighted by molar-refractivity contribution is 0.0934. The standard InChI is InChI=1S/C18H19ClF2N4O/c1-11(9-12-14(20)5-4-6-15(12)21)23-17(26)16-13(19)10-22-18(24-16)25-7-2-3-8-25/h4-6,10-11H,2-3,7-9H2,1H3,(H,23,26). The molecular formula is C18H19ClF2N4O. The van der Waals surface area contributed by atoms with E-state index in [9.17, 15) is 13.6 Å². The Morgan fingerprint density at radius 3 is 2.62 bits per heavy atom. The third-order valence-corrected chi connectivity index (χ3v) is 4.56. The van der Waals surface area contributed by atoms with Crippen molar-refractivity contribution in [1.29, 1.82) is 0 Å². The lowest BCUT2D eigenvalue weighted by atomic mass is 10.1. The molecule has 1 saturated heterocycles. The zero-order valence-electron chi connectivity index (χ0n) is 14.3. The van der Waals surface area contributed by atoms with Gasteiger partial charge in [-0.25, -0.2) is 18.7 Å². The summed E-state index contributed by atoms with van der Waals surface area (Å²) < 4.78 is 27.5. The normalized spacial score (nSPS) is 15.2. The number of carbonyl (C=O) groups is 1. The van der Waals surface area contributed by atoms with E-state index in [-0.39, 0.29) is 22.7 Å². The maximum absolute atomic E-state index is 13.8. The number of hydrogen-bond donors (Lipinski definition) is 1. The fraction of sp³-hybridized carbons (Fsp3) is 0.389. The van der Waals surface area contributed by atoms with Gasteiger partial charge in [-0.1, -0.05) is 17.7 Å². The molecule has 138 valence electrons. The first-order chi connectivity index (χ1) is 12.5. The van der Waals surface area contributed by atoms with Gasteiger partial charge in [-0.15, -0.1) is 0 Å². The Kier molecular flexibility index (Phi) is 5.66. The van der Waals surface area contributed by atoms with E-state index >= 15 is 0 Å². The van der Waals surface area contributed by atoms with Crippen molar-refractivity contribution < 1.29 is 13.6 Å². The molecule has 0 spiro atoms. The van der Waals surface area contributed by atoms with Crippen molar-refractivity contribution >= 4 is 23.5 Å². The second-order valence-electron chi connectivity index (χ2n) is 6.34. The molecular weight excluding hydrogens is 362 g/mol. The van der Waals surface area contributed by atoms with Crippen molar-refractivity contribution in [2.75, 3.05) is 18.0 Å². The predicted octanol–water partition coefficient (Wildman–Crippen LogP) is 3.37. The number of nitrogens with zero attached hydrogens (tertiary/aromatic N) is 3. The molecule has 8 heteroatoms. The Hall–Kier alpha value is -2.28. The maximum atomic E-state index is 13.8. The number of amides is 1. The Morgan fingerprint density at radius 1 is 1.31 bits per heavy atom. The van der Waals surface area contributed by atoms with Gasteiger partial charge in [-0.05, 0) is 38.3 Å². The topological polar surface area (TPSA) is 58.1 Å². The molecule has 26 heavy (non-hydrogen) atoms. The summed E-state index contributed by atoms with van der Waals surface area (Å²) in [6, 6.07) is 3.18. The number of halogens is 3. The van der Waals surface area contributed by atoms with Crippen LogP contribution in [0.25, 0.3) is 0 Å². The predicted molar refractivity (Wildman–Crippen MR) is 95.5 cm³/mol. The molecule has 1 amide bonds. The van der Waals surface area contributed by atoms with Crippen molar-refractivity contribution in [2.24, 2.45) is 0 Å². The summed E-state index contributed by atoms with van der Waals surface area (Å²) in [5.41, 5.74) is -0.00346. The molecule has 1 atom stereocenters. The molecule has 5 nitrogen and oxygen atoms in total. The van der Waals surface area contributed by atoms with E-state index < -0.39 is 23.6 Å². The second-order valence-corrected chi connectivity index (χ2v) is 6.75. The van der Waals surface area contributed by atoms with Gasteiger partial charge in [-0.2, -0.15) is 0 Å². The molecule has 0 aliphatic carbocycles. The molecule has 0 bridgehead atoms. The molecule has 2 heterocycles. The van der Waals surface area contributed by atoms with Gasteiger partial charge in [0.2, 0.25) is 5.95 Å². The number of carbonyl (C=O) groups excluding carboxylic acids is 1. The van der Waals surface area contributed by atoms with E-state index in [1.165, 1.54) is 24.4 Å². The zero-order chi connectivity index (χ0) is 18.7. The highest BCUT2D eigenvalue weighted by molar-refractivity contribution is 6.33. The molecule has 1 fully saturated rings. The molecule has 0 saturated carbocycles. The van der Waals surface area contributed by atoms with Gasteiger partial charge >= 0.3 is 0 Å². The number of anilines is 1. The number of benzene rings is 1. The maximum Gasteiger partial charge on any atom is 0.271 e. The van der Waals surface area contributed by atoms with Crippen LogP contribution in [0.1, 0.15) is 35.8 Å². The summed E-state index contributed by atoms with van der Waals surface area (Å²) in [4.78, 5) is 23.0. The minimum absolute atomic E-state index is 0.0198. The highest BCUT2D eigenvalue weighted by atomic mass is 35.5. The Labute approximate surface area is 155 Å². The lowest BCUT2D eigenvalue weighted by Gasteiger charge is -2.18. The van der Waals surface area contributed by atoms with E-state index in [1.54, 1.807) is 6.92 Å². The van der Waals surface area contributed by atoms with Crippen LogP contribution in [0.15, 0.2) is 24.4 Å². The molecule has 1 aliphatic rings. The average Bonchev–Trinajstić information content (AvgIpc) is 3.13. The number of hydrogen-bond acceptors (Lipinski definition) is 4. The van der Waals surface area contributed by atoms with Gasteiger partial charge in [0.15, 0.2) is 5.69 Å². The summed E-state index contributed by atoms with van der Waals surface area (Å²) in [6.07, 6.45) is 3.53. The molecule has 1 aromatic heterocycles. The first-order valence-electron chi connectivity index (χ1n) is 8.47.